The number of rotatable bonds is 2. The fourth-order valence-corrected chi connectivity index (χ4v) is 0.982. The minimum atomic E-state index is -0.360. The monoisotopic (exact) mass is 187 g/mol. The summed E-state index contributed by atoms with van der Waals surface area (Å²) in [6.45, 7) is 0. The summed E-state index contributed by atoms with van der Waals surface area (Å²) in [7, 11) is 1.34. The van der Waals surface area contributed by atoms with Crippen molar-refractivity contribution in [3.8, 4) is 6.07 Å². The molecule has 0 fully saturated rings. The molecule has 70 valence electrons. The van der Waals surface area contributed by atoms with E-state index < -0.39 is 0 Å². The molecule has 0 spiro atoms. The predicted molar refractivity (Wildman–Crippen MR) is 52.4 cm³/mol. The van der Waals surface area contributed by atoms with Gasteiger partial charge in [0.1, 0.15) is 0 Å². The summed E-state index contributed by atoms with van der Waals surface area (Å²) in [6.07, 6.45) is 3.05. The van der Waals surface area contributed by atoms with Gasteiger partial charge in [-0.05, 0) is 23.8 Å². The van der Waals surface area contributed by atoms with E-state index in [1.165, 1.54) is 13.2 Å². The Balaban J connectivity index is 2.85. The molecule has 0 aliphatic heterocycles. The van der Waals surface area contributed by atoms with Crippen molar-refractivity contribution in [3.05, 3.63) is 41.5 Å². The zero-order chi connectivity index (χ0) is 10.4. The predicted octanol–water partition coefficient (Wildman–Crippen LogP) is 2.01. The first kappa shape index (κ1) is 10.0. The van der Waals surface area contributed by atoms with Crippen LogP contribution in [0.15, 0.2) is 30.3 Å². The molecule has 0 saturated carbocycles. The Bertz CT molecular complexity index is 385. The van der Waals surface area contributed by atoms with Gasteiger partial charge < -0.3 is 4.74 Å². The Morgan fingerprint density at radius 3 is 2.57 bits per heavy atom. The third kappa shape index (κ3) is 2.46. The van der Waals surface area contributed by atoms with Crippen molar-refractivity contribution in [2.45, 2.75) is 0 Å². The Morgan fingerprint density at radius 2 is 2.07 bits per heavy atom. The molecule has 0 saturated heterocycles. The molecule has 0 N–H and O–H groups in total. The summed E-state index contributed by atoms with van der Waals surface area (Å²) >= 11 is 0. The maximum atomic E-state index is 11.0. The molecule has 0 atom stereocenters. The van der Waals surface area contributed by atoms with Gasteiger partial charge >= 0.3 is 5.97 Å². The summed E-state index contributed by atoms with van der Waals surface area (Å²) < 4.78 is 4.55. The molecule has 1 aromatic rings. The molecular formula is C11H9NO2. The minimum absolute atomic E-state index is 0.360. The average molecular weight is 187 g/mol. The molecule has 14 heavy (non-hydrogen) atoms. The summed E-state index contributed by atoms with van der Waals surface area (Å²) in [6, 6.07) is 8.70. The first-order chi connectivity index (χ1) is 6.77. The molecule has 3 nitrogen and oxygen atoms in total. The molecular weight excluding hydrogens is 178 g/mol. The second-order valence-corrected chi connectivity index (χ2v) is 2.58. The van der Waals surface area contributed by atoms with E-state index >= 15 is 0 Å². The number of carbonyl (C=O) groups excluding carboxylic acids is 1. The average Bonchev–Trinajstić information content (AvgIpc) is 2.26. The highest BCUT2D eigenvalue weighted by Crippen LogP contribution is 2.06. The van der Waals surface area contributed by atoms with E-state index in [4.69, 9.17) is 5.26 Å². The fraction of sp³-hybridized carbons (Fsp3) is 0.0909. The number of nitriles is 1. The van der Waals surface area contributed by atoms with E-state index in [2.05, 4.69) is 4.74 Å². The number of ether oxygens (including phenoxy) is 1. The molecule has 1 aromatic carbocycles. The zero-order valence-electron chi connectivity index (χ0n) is 7.73. The second-order valence-electron chi connectivity index (χ2n) is 2.58. The van der Waals surface area contributed by atoms with Crippen LogP contribution in [0.5, 0.6) is 0 Å². The van der Waals surface area contributed by atoms with E-state index in [1.54, 1.807) is 30.3 Å². The topological polar surface area (TPSA) is 50.1 Å². The zero-order valence-corrected chi connectivity index (χ0v) is 7.73. The largest absolute Gasteiger partial charge is 0.465 e. The molecule has 0 heterocycles. The highest BCUT2D eigenvalue weighted by molar-refractivity contribution is 5.89. The Kier molecular flexibility index (Phi) is 3.45. The molecule has 0 aromatic heterocycles. The van der Waals surface area contributed by atoms with Crippen LogP contribution in [0.3, 0.4) is 0 Å². The molecule has 0 bridgehead atoms. The van der Waals surface area contributed by atoms with E-state index in [0.717, 1.165) is 5.56 Å². The van der Waals surface area contributed by atoms with Gasteiger partial charge in [0.2, 0.25) is 0 Å². The van der Waals surface area contributed by atoms with E-state index in [1.807, 2.05) is 6.07 Å². The van der Waals surface area contributed by atoms with Crippen LogP contribution >= 0.6 is 0 Å². The van der Waals surface area contributed by atoms with Crippen LogP contribution in [-0.4, -0.2) is 13.1 Å². The van der Waals surface area contributed by atoms with E-state index in [-0.39, 0.29) is 5.97 Å². The van der Waals surface area contributed by atoms with E-state index in [9.17, 15) is 4.79 Å². The molecule has 0 radical (unpaired) electrons. The summed E-state index contributed by atoms with van der Waals surface area (Å²) in [5, 5.41) is 8.30. The highest BCUT2D eigenvalue weighted by atomic mass is 16.5. The van der Waals surface area contributed by atoms with Crippen molar-refractivity contribution in [3.63, 3.8) is 0 Å². The van der Waals surface area contributed by atoms with Crippen LogP contribution in [-0.2, 0) is 4.74 Å². The molecule has 0 amide bonds. The lowest BCUT2D eigenvalue weighted by Crippen LogP contribution is -2.00. The minimum Gasteiger partial charge on any atom is -0.465 e. The van der Waals surface area contributed by atoms with Gasteiger partial charge in [-0.1, -0.05) is 12.1 Å². The second kappa shape index (κ2) is 4.83. The maximum absolute atomic E-state index is 11.0. The van der Waals surface area contributed by atoms with Gasteiger partial charge in [-0.25, -0.2) is 4.79 Å². The van der Waals surface area contributed by atoms with Crippen molar-refractivity contribution < 1.29 is 9.53 Å². The first-order valence-electron chi connectivity index (χ1n) is 4.02. The lowest BCUT2D eigenvalue weighted by molar-refractivity contribution is 0.0601. The van der Waals surface area contributed by atoms with Crippen LogP contribution in [0.2, 0.25) is 0 Å². The van der Waals surface area contributed by atoms with Crippen molar-refractivity contribution in [1.82, 2.24) is 0 Å². The highest BCUT2D eigenvalue weighted by Gasteiger charge is 2.02. The number of hydrogen-bond donors (Lipinski definition) is 0. The quantitative estimate of drug-likeness (QED) is 0.525. The number of hydrogen-bond acceptors (Lipinski definition) is 3. The third-order valence-electron chi connectivity index (χ3n) is 1.68. The van der Waals surface area contributed by atoms with Gasteiger partial charge in [-0.15, -0.1) is 0 Å². The van der Waals surface area contributed by atoms with Crippen LogP contribution in [0.4, 0.5) is 0 Å². The van der Waals surface area contributed by atoms with Crippen LogP contribution in [0.25, 0.3) is 6.08 Å². The van der Waals surface area contributed by atoms with Gasteiger partial charge in [0.05, 0.1) is 18.7 Å². The van der Waals surface area contributed by atoms with Gasteiger partial charge in [-0.2, -0.15) is 5.26 Å². The van der Waals surface area contributed by atoms with Gasteiger partial charge in [0.15, 0.2) is 0 Å². The molecule has 3 heteroatoms. The van der Waals surface area contributed by atoms with Gasteiger partial charge in [0.25, 0.3) is 0 Å². The van der Waals surface area contributed by atoms with Crippen LogP contribution in [0, 0.1) is 11.3 Å². The number of esters is 1. The molecule has 0 aliphatic rings. The van der Waals surface area contributed by atoms with E-state index in [0.29, 0.717) is 5.56 Å². The summed E-state index contributed by atoms with van der Waals surface area (Å²) in [4.78, 5) is 11.0. The maximum Gasteiger partial charge on any atom is 0.337 e. The van der Waals surface area contributed by atoms with Crippen LogP contribution < -0.4 is 0 Å². The molecule has 0 unspecified atom stereocenters. The fourth-order valence-electron chi connectivity index (χ4n) is 0.982. The number of nitrogens with zero attached hydrogens (tertiary/aromatic N) is 1. The van der Waals surface area contributed by atoms with Crippen molar-refractivity contribution >= 4 is 12.0 Å². The number of carbonyl (C=O) groups is 1. The van der Waals surface area contributed by atoms with Crippen molar-refractivity contribution in [1.29, 1.82) is 5.26 Å². The number of methoxy groups -OCH3 is 1. The normalized spacial score (nSPS) is 9.71. The SMILES string of the molecule is COC(=O)c1ccc(/C=C\C#N)cc1. The Labute approximate surface area is 82.2 Å². The Morgan fingerprint density at radius 1 is 1.43 bits per heavy atom. The van der Waals surface area contributed by atoms with Crippen LogP contribution in [0.1, 0.15) is 15.9 Å². The lowest BCUT2D eigenvalue weighted by Gasteiger charge is -1.98. The standard InChI is InChI=1S/C11H9NO2/c1-14-11(13)10-6-4-9(5-7-10)3-2-8-12/h2-7H,1H3/b3-2-. The molecule has 0 aliphatic carbocycles. The third-order valence-corrected chi connectivity index (χ3v) is 1.68. The summed E-state index contributed by atoms with van der Waals surface area (Å²) in [5.74, 6) is -0.360. The van der Waals surface area contributed by atoms with Gasteiger partial charge in [0, 0.05) is 6.08 Å². The Hall–Kier alpha value is -2.08. The summed E-state index contributed by atoms with van der Waals surface area (Å²) in [5.41, 5.74) is 1.38. The van der Waals surface area contributed by atoms with Crippen molar-refractivity contribution in [2.24, 2.45) is 0 Å². The van der Waals surface area contributed by atoms with Crippen molar-refractivity contribution in [2.75, 3.05) is 7.11 Å². The van der Waals surface area contributed by atoms with Gasteiger partial charge in [-0.3, -0.25) is 0 Å². The smallest absolute Gasteiger partial charge is 0.337 e. The number of benzene rings is 1. The first-order valence-corrected chi connectivity index (χ1v) is 4.02. The molecule has 1 rings (SSSR count). The lowest BCUT2D eigenvalue weighted by atomic mass is 10.1. The number of allylic oxidation sites excluding steroid dienone is 1.